The van der Waals surface area contributed by atoms with Gasteiger partial charge in [-0.05, 0) is 35.3 Å². The van der Waals surface area contributed by atoms with Gasteiger partial charge in [0.15, 0.2) is 5.13 Å². The lowest BCUT2D eigenvalue weighted by atomic mass is 10.2. The molecule has 0 radical (unpaired) electrons. The van der Waals surface area contributed by atoms with Crippen molar-refractivity contribution in [3.8, 4) is 5.75 Å². The van der Waals surface area contributed by atoms with Gasteiger partial charge in [-0.15, -0.1) is 0 Å². The van der Waals surface area contributed by atoms with Crippen LogP contribution in [0.1, 0.15) is 10.4 Å². The van der Waals surface area contributed by atoms with Crippen LogP contribution in [0.25, 0.3) is 0 Å². The number of carbonyl (C=O) groups excluding carboxylic acids is 1. The molecule has 1 aromatic heterocycles. The number of rotatable bonds is 3. The maximum absolute atomic E-state index is 11.7. The molecule has 0 spiro atoms. The number of thiazole rings is 1. The Morgan fingerprint density at radius 3 is 2.61 bits per heavy atom. The van der Waals surface area contributed by atoms with E-state index in [-0.39, 0.29) is 15.1 Å². The van der Waals surface area contributed by atoms with Crippen LogP contribution < -0.4 is 5.32 Å². The van der Waals surface area contributed by atoms with Crippen molar-refractivity contribution >= 4 is 33.5 Å². The third-order valence-corrected chi connectivity index (χ3v) is 3.80. The maximum atomic E-state index is 11.7. The predicted molar refractivity (Wildman–Crippen MR) is 65.4 cm³/mol. The number of hydrogen-bond donors (Lipinski definition) is 2. The Morgan fingerprint density at radius 2 is 2.06 bits per heavy atom. The van der Waals surface area contributed by atoms with Crippen molar-refractivity contribution in [2.24, 2.45) is 0 Å². The van der Waals surface area contributed by atoms with E-state index in [2.05, 4.69) is 10.3 Å². The molecule has 0 bridgehead atoms. The van der Waals surface area contributed by atoms with E-state index in [4.69, 9.17) is 5.11 Å². The van der Waals surface area contributed by atoms with Gasteiger partial charge in [-0.25, -0.2) is 4.98 Å². The lowest BCUT2D eigenvalue weighted by Crippen LogP contribution is -2.11. The van der Waals surface area contributed by atoms with Gasteiger partial charge in [-0.1, -0.05) is 11.3 Å². The van der Waals surface area contributed by atoms with Gasteiger partial charge >= 0.3 is 0 Å². The van der Waals surface area contributed by atoms with Gasteiger partial charge in [0.2, 0.25) is 0 Å². The van der Waals surface area contributed by atoms with Gasteiger partial charge < -0.3 is 9.66 Å². The number of nitrogens with zero attached hydrogens (tertiary/aromatic N) is 1. The second-order valence-electron chi connectivity index (χ2n) is 3.22. The number of anilines is 1. The highest BCUT2D eigenvalue weighted by Crippen LogP contribution is 2.21. The molecule has 1 aromatic carbocycles. The number of hydrogen-bond acceptors (Lipinski definition) is 6. The van der Waals surface area contributed by atoms with Crippen LogP contribution in [0.3, 0.4) is 0 Å². The van der Waals surface area contributed by atoms with E-state index in [1.54, 1.807) is 0 Å². The number of phenolic OH excluding ortho intramolecular Hbond substituents is 1. The van der Waals surface area contributed by atoms with Crippen molar-refractivity contribution in [2.45, 2.75) is 4.21 Å². The van der Waals surface area contributed by atoms with Crippen LogP contribution in [-0.4, -0.2) is 24.8 Å². The standard InChI is InChI=1S/C10H8N2O4S2/c13-7-3-1-6(2-4-7)9(14)12-10-11-5-8(17-10)18(15)16/h1-5,13H,(H,15,16)(H,11,12,14)/p-1. The van der Waals surface area contributed by atoms with E-state index in [9.17, 15) is 13.6 Å². The number of aromatic nitrogens is 1. The van der Waals surface area contributed by atoms with E-state index in [0.29, 0.717) is 5.56 Å². The molecule has 1 amide bonds. The fourth-order valence-corrected chi connectivity index (χ4v) is 2.37. The molecular formula is C10H7N2O4S2-. The lowest BCUT2D eigenvalue weighted by molar-refractivity contribution is 0.102. The molecule has 18 heavy (non-hydrogen) atoms. The number of phenols is 1. The summed E-state index contributed by atoms with van der Waals surface area (Å²) >= 11 is -1.49. The number of aromatic hydroxyl groups is 1. The minimum Gasteiger partial charge on any atom is -0.768 e. The minimum atomic E-state index is -2.35. The molecule has 2 N–H and O–H groups in total. The third-order valence-electron chi connectivity index (χ3n) is 2.00. The molecule has 1 heterocycles. The first-order valence-corrected chi connectivity index (χ1v) is 6.61. The number of nitrogens with one attached hydrogen (secondary N) is 1. The fourth-order valence-electron chi connectivity index (χ4n) is 1.18. The number of carbonyl (C=O) groups is 1. The van der Waals surface area contributed by atoms with Gasteiger partial charge in [0, 0.05) is 5.56 Å². The van der Waals surface area contributed by atoms with E-state index in [1.807, 2.05) is 0 Å². The largest absolute Gasteiger partial charge is 0.768 e. The Labute approximate surface area is 109 Å². The predicted octanol–water partition coefficient (Wildman–Crippen LogP) is 1.34. The monoisotopic (exact) mass is 283 g/mol. The average Bonchev–Trinajstić information content (AvgIpc) is 2.78. The Bertz CT molecular complexity index is 594. The van der Waals surface area contributed by atoms with Gasteiger partial charge in [0.25, 0.3) is 5.91 Å². The van der Waals surface area contributed by atoms with Crippen molar-refractivity contribution in [2.75, 3.05) is 5.32 Å². The van der Waals surface area contributed by atoms with Crippen molar-refractivity contribution in [3.05, 3.63) is 36.0 Å². The van der Waals surface area contributed by atoms with E-state index >= 15 is 0 Å². The molecule has 0 saturated carbocycles. The highest BCUT2D eigenvalue weighted by molar-refractivity contribution is 7.81. The first kappa shape index (κ1) is 12.7. The lowest BCUT2D eigenvalue weighted by Gasteiger charge is -2.01. The summed E-state index contributed by atoms with van der Waals surface area (Å²) in [6, 6.07) is 5.67. The zero-order chi connectivity index (χ0) is 13.1. The molecule has 2 aromatic rings. The summed E-state index contributed by atoms with van der Waals surface area (Å²) in [7, 11) is 0. The van der Waals surface area contributed by atoms with Gasteiger partial charge in [0.1, 0.15) is 5.75 Å². The van der Waals surface area contributed by atoms with E-state index < -0.39 is 17.0 Å². The second-order valence-corrected chi connectivity index (χ2v) is 5.42. The Morgan fingerprint density at radius 1 is 1.39 bits per heavy atom. The van der Waals surface area contributed by atoms with Crippen LogP contribution in [0.4, 0.5) is 5.13 Å². The van der Waals surface area contributed by atoms with Crippen LogP contribution in [-0.2, 0) is 11.1 Å². The molecule has 0 aliphatic rings. The summed E-state index contributed by atoms with van der Waals surface area (Å²) in [5.74, 6) is -0.364. The molecule has 0 fully saturated rings. The van der Waals surface area contributed by atoms with E-state index in [0.717, 1.165) is 11.3 Å². The summed E-state index contributed by atoms with van der Waals surface area (Å²) < 4.78 is 21.3. The molecule has 1 unspecified atom stereocenters. The smallest absolute Gasteiger partial charge is 0.257 e. The average molecular weight is 283 g/mol. The highest BCUT2D eigenvalue weighted by atomic mass is 32.2. The van der Waals surface area contributed by atoms with Crippen LogP contribution in [0.15, 0.2) is 34.7 Å². The van der Waals surface area contributed by atoms with Crippen LogP contribution in [0.5, 0.6) is 5.75 Å². The van der Waals surface area contributed by atoms with Crippen molar-refractivity contribution in [1.29, 1.82) is 0 Å². The Hall–Kier alpha value is -1.77. The van der Waals surface area contributed by atoms with Crippen LogP contribution >= 0.6 is 11.3 Å². The molecule has 6 nitrogen and oxygen atoms in total. The van der Waals surface area contributed by atoms with Crippen molar-refractivity contribution in [1.82, 2.24) is 4.98 Å². The first-order chi connectivity index (χ1) is 8.56. The zero-order valence-electron chi connectivity index (χ0n) is 8.82. The molecule has 2 rings (SSSR count). The first-order valence-electron chi connectivity index (χ1n) is 4.72. The summed E-state index contributed by atoms with van der Waals surface area (Å²) in [6.07, 6.45) is 1.17. The summed E-state index contributed by atoms with van der Waals surface area (Å²) in [5.41, 5.74) is 0.341. The fraction of sp³-hybridized carbons (Fsp3) is 0. The van der Waals surface area contributed by atoms with Crippen LogP contribution in [0, 0.1) is 0 Å². The summed E-state index contributed by atoms with van der Waals surface area (Å²) in [6.45, 7) is 0. The van der Waals surface area contributed by atoms with Gasteiger partial charge in [0.05, 0.1) is 10.4 Å². The Balaban J connectivity index is 2.11. The zero-order valence-corrected chi connectivity index (χ0v) is 10.5. The normalized spacial score (nSPS) is 12.1. The molecule has 8 heteroatoms. The molecule has 0 saturated heterocycles. The van der Waals surface area contributed by atoms with Crippen molar-refractivity contribution in [3.63, 3.8) is 0 Å². The Kier molecular flexibility index (Phi) is 3.70. The van der Waals surface area contributed by atoms with E-state index in [1.165, 1.54) is 30.5 Å². The SMILES string of the molecule is O=C(Nc1ncc(S(=O)[O-])s1)c1ccc(O)cc1. The molecule has 1 atom stereocenters. The molecule has 0 aliphatic carbocycles. The molecule has 94 valence electrons. The van der Waals surface area contributed by atoms with Crippen LogP contribution in [0.2, 0.25) is 0 Å². The minimum absolute atomic E-state index is 0.0519. The quantitative estimate of drug-likeness (QED) is 0.827. The number of amides is 1. The maximum Gasteiger partial charge on any atom is 0.257 e. The second kappa shape index (κ2) is 5.25. The highest BCUT2D eigenvalue weighted by Gasteiger charge is 2.09. The topological polar surface area (TPSA) is 102 Å². The number of benzene rings is 1. The molecular weight excluding hydrogens is 276 g/mol. The summed E-state index contributed by atoms with van der Waals surface area (Å²) in [5, 5.41) is 11.7. The third kappa shape index (κ3) is 2.92. The molecule has 0 aliphatic heterocycles. The summed E-state index contributed by atoms with van der Waals surface area (Å²) in [4.78, 5) is 15.5. The van der Waals surface area contributed by atoms with Crippen molar-refractivity contribution < 1.29 is 18.7 Å². The van der Waals surface area contributed by atoms with Gasteiger partial charge in [-0.3, -0.25) is 14.3 Å². The van der Waals surface area contributed by atoms with Gasteiger partial charge in [-0.2, -0.15) is 0 Å².